The SMILES string of the molecule is [2H]C([2H])([2H])Oc1cc(/C=C/C(=O)O)ccc1OCc1nc(C)c(C)nc1C. The van der Waals surface area contributed by atoms with E-state index in [9.17, 15) is 4.79 Å². The maximum atomic E-state index is 10.7. The summed E-state index contributed by atoms with van der Waals surface area (Å²) >= 11 is 0. The summed E-state index contributed by atoms with van der Waals surface area (Å²) in [6.07, 6.45) is 2.28. The van der Waals surface area contributed by atoms with Crippen LogP contribution in [0.3, 0.4) is 0 Å². The van der Waals surface area contributed by atoms with Crippen LogP contribution in [-0.2, 0) is 11.4 Å². The predicted octanol–water partition coefficient (Wildman–Crippen LogP) is 3.09. The molecule has 2 rings (SSSR count). The lowest BCUT2D eigenvalue weighted by molar-refractivity contribution is -0.131. The molecule has 24 heavy (non-hydrogen) atoms. The largest absolute Gasteiger partial charge is 0.493 e. The molecule has 0 saturated heterocycles. The van der Waals surface area contributed by atoms with E-state index in [2.05, 4.69) is 9.97 Å². The average Bonchev–Trinajstić information content (AvgIpc) is 2.54. The number of aromatic nitrogens is 2. The first-order valence-corrected chi connectivity index (χ1v) is 7.23. The summed E-state index contributed by atoms with van der Waals surface area (Å²) < 4.78 is 32.6. The molecule has 0 saturated carbocycles. The standard InChI is InChI=1S/C18H20N2O4/c1-11-12(2)20-15(13(3)19-11)10-24-16-7-5-14(6-8-18(21)22)9-17(16)23-4/h5-9H,10H2,1-4H3,(H,21,22)/b8-6+/i4D3. The number of hydrogen-bond acceptors (Lipinski definition) is 5. The zero-order valence-corrected chi connectivity index (χ0v) is 13.7. The normalized spacial score (nSPS) is 13.2. The van der Waals surface area contributed by atoms with Crippen LogP contribution in [0.4, 0.5) is 0 Å². The van der Waals surface area contributed by atoms with Crippen LogP contribution in [0.2, 0.25) is 0 Å². The lowest BCUT2D eigenvalue weighted by Crippen LogP contribution is -2.06. The molecule has 0 aliphatic rings. The summed E-state index contributed by atoms with van der Waals surface area (Å²) in [6.45, 7) is 5.61. The fourth-order valence-corrected chi connectivity index (χ4v) is 2.04. The smallest absolute Gasteiger partial charge is 0.328 e. The van der Waals surface area contributed by atoms with Crippen molar-refractivity contribution in [2.45, 2.75) is 27.4 Å². The highest BCUT2D eigenvalue weighted by Crippen LogP contribution is 2.29. The molecule has 1 aromatic carbocycles. The Hall–Kier alpha value is -2.89. The van der Waals surface area contributed by atoms with Gasteiger partial charge in [0.25, 0.3) is 0 Å². The summed E-state index contributed by atoms with van der Waals surface area (Å²) in [7, 11) is -2.68. The van der Waals surface area contributed by atoms with Crippen LogP contribution in [0.25, 0.3) is 6.08 Å². The van der Waals surface area contributed by atoms with Crippen molar-refractivity contribution >= 4 is 12.0 Å². The second kappa shape index (κ2) is 7.59. The molecule has 0 aliphatic heterocycles. The minimum Gasteiger partial charge on any atom is -0.493 e. The lowest BCUT2D eigenvalue weighted by atomic mass is 10.2. The van der Waals surface area contributed by atoms with E-state index in [4.69, 9.17) is 18.7 Å². The van der Waals surface area contributed by atoms with Crippen LogP contribution in [0.5, 0.6) is 11.5 Å². The maximum Gasteiger partial charge on any atom is 0.328 e. The molecule has 0 atom stereocenters. The lowest BCUT2D eigenvalue weighted by Gasteiger charge is -2.13. The van der Waals surface area contributed by atoms with Crippen molar-refractivity contribution in [2.75, 3.05) is 7.04 Å². The van der Waals surface area contributed by atoms with Crippen molar-refractivity contribution in [1.29, 1.82) is 0 Å². The molecule has 0 aliphatic carbocycles. The number of carboxylic acid groups (broad SMARTS) is 1. The summed E-state index contributed by atoms with van der Waals surface area (Å²) in [4.78, 5) is 19.5. The van der Waals surface area contributed by atoms with Crippen LogP contribution in [0, 0.1) is 20.8 Å². The van der Waals surface area contributed by atoms with Gasteiger partial charge in [0, 0.05) is 6.08 Å². The zero-order chi connectivity index (χ0) is 20.2. The zero-order valence-electron chi connectivity index (χ0n) is 16.7. The topological polar surface area (TPSA) is 81.5 Å². The molecule has 0 amide bonds. The van der Waals surface area contributed by atoms with E-state index in [1.807, 2.05) is 20.8 Å². The van der Waals surface area contributed by atoms with Crippen molar-refractivity contribution in [3.05, 3.63) is 52.6 Å². The Balaban J connectivity index is 2.29. The quantitative estimate of drug-likeness (QED) is 0.819. The molecule has 1 aromatic heterocycles. The fourth-order valence-electron chi connectivity index (χ4n) is 2.04. The Morgan fingerprint density at radius 1 is 1.21 bits per heavy atom. The molecule has 1 N–H and O–H groups in total. The van der Waals surface area contributed by atoms with Crippen LogP contribution in [-0.4, -0.2) is 28.1 Å². The summed E-state index contributed by atoms with van der Waals surface area (Å²) in [5, 5.41) is 8.72. The van der Waals surface area contributed by atoms with Gasteiger partial charge < -0.3 is 14.6 Å². The van der Waals surface area contributed by atoms with E-state index in [0.717, 1.165) is 23.2 Å². The number of methoxy groups -OCH3 is 1. The number of carboxylic acids is 1. The van der Waals surface area contributed by atoms with Gasteiger partial charge in [0.15, 0.2) is 11.5 Å². The maximum absolute atomic E-state index is 10.7. The number of benzene rings is 1. The van der Waals surface area contributed by atoms with Crippen molar-refractivity contribution in [1.82, 2.24) is 9.97 Å². The molecule has 0 fully saturated rings. The number of carbonyl (C=O) groups is 1. The highest BCUT2D eigenvalue weighted by molar-refractivity contribution is 5.85. The van der Waals surface area contributed by atoms with Gasteiger partial charge in [0.05, 0.1) is 33.9 Å². The van der Waals surface area contributed by atoms with Gasteiger partial charge in [-0.25, -0.2) is 4.79 Å². The number of aryl methyl sites for hydroxylation is 3. The van der Waals surface area contributed by atoms with Gasteiger partial charge in [-0.05, 0) is 44.5 Å². The van der Waals surface area contributed by atoms with Gasteiger partial charge in [-0.15, -0.1) is 0 Å². The first-order valence-electron chi connectivity index (χ1n) is 8.73. The van der Waals surface area contributed by atoms with E-state index < -0.39 is 13.0 Å². The highest BCUT2D eigenvalue weighted by Gasteiger charge is 2.09. The third kappa shape index (κ3) is 4.32. The van der Waals surface area contributed by atoms with Gasteiger partial charge in [-0.2, -0.15) is 0 Å². The molecular formula is C18H20N2O4. The van der Waals surface area contributed by atoms with Crippen molar-refractivity contribution in [2.24, 2.45) is 0 Å². The molecule has 0 bridgehead atoms. The van der Waals surface area contributed by atoms with Crippen LogP contribution < -0.4 is 9.47 Å². The van der Waals surface area contributed by atoms with Crippen molar-refractivity contribution in [3.8, 4) is 11.5 Å². The Labute approximate surface area is 145 Å². The number of nitrogens with zero attached hydrogens (tertiary/aromatic N) is 2. The Morgan fingerprint density at radius 3 is 2.67 bits per heavy atom. The van der Waals surface area contributed by atoms with Gasteiger partial charge in [-0.3, -0.25) is 9.97 Å². The van der Waals surface area contributed by atoms with E-state index in [-0.39, 0.29) is 18.1 Å². The number of rotatable bonds is 6. The molecule has 6 heteroatoms. The summed E-state index contributed by atoms with van der Waals surface area (Å²) in [5.74, 6) is -0.924. The van der Waals surface area contributed by atoms with Crippen molar-refractivity contribution in [3.63, 3.8) is 0 Å². The first kappa shape index (κ1) is 13.5. The fraction of sp³-hybridized carbons (Fsp3) is 0.278. The van der Waals surface area contributed by atoms with E-state index >= 15 is 0 Å². The first-order chi connectivity index (χ1) is 12.5. The minimum absolute atomic E-state index is 0.0167. The predicted molar refractivity (Wildman–Crippen MR) is 90.2 cm³/mol. The van der Waals surface area contributed by atoms with E-state index in [1.165, 1.54) is 18.2 Å². The van der Waals surface area contributed by atoms with E-state index in [1.54, 1.807) is 6.07 Å². The second-order valence-electron chi connectivity index (χ2n) is 5.20. The molecule has 1 heterocycles. The van der Waals surface area contributed by atoms with Crippen LogP contribution in [0.15, 0.2) is 24.3 Å². The second-order valence-corrected chi connectivity index (χ2v) is 5.20. The molecule has 0 unspecified atom stereocenters. The summed E-state index contributed by atoms with van der Waals surface area (Å²) in [6, 6.07) is 4.52. The highest BCUT2D eigenvalue weighted by atomic mass is 16.5. The monoisotopic (exact) mass is 331 g/mol. The average molecular weight is 331 g/mol. The van der Waals surface area contributed by atoms with Gasteiger partial charge in [0.1, 0.15) is 6.61 Å². The molecule has 0 radical (unpaired) electrons. The molecule has 6 nitrogen and oxygen atoms in total. The third-order valence-corrected chi connectivity index (χ3v) is 3.44. The Morgan fingerprint density at radius 2 is 1.96 bits per heavy atom. The molecule has 2 aromatic rings. The Bertz CT molecular complexity index is 880. The number of aliphatic carboxylic acids is 1. The van der Waals surface area contributed by atoms with Crippen LogP contribution in [0.1, 0.15) is 32.5 Å². The van der Waals surface area contributed by atoms with Crippen LogP contribution >= 0.6 is 0 Å². The molecule has 0 spiro atoms. The summed E-state index contributed by atoms with van der Waals surface area (Å²) in [5.41, 5.74) is 3.43. The Kier molecular flexibility index (Phi) is 4.28. The van der Waals surface area contributed by atoms with Gasteiger partial charge in [0.2, 0.25) is 0 Å². The van der Waals surface area contributed by atoms with Gasteiger partial charge >= 0.3 is 5.97 Å². The third-order valence-electron chi connectivity index (χ3n) is 3.44. The van der Waals surface area contributed by atoms with Crippen molar-refractivity contribution < 1.29 is 23.5 Å². The number of hydrogen-bond donors (Lipinski definition) is 1. The molecule has 126 valence electrons. The molecular weight excluding hydrogens is 308 g/mol. The number of ether oxygens (including phenoxy) is 2. The minimum atomic E-state index is -2.68. The van der Waals surface area contributed by atoms with E-state index in [0.29, 0.717) is 11.3 Å². The van der Waals surface area contributed by atoms with Gasteiger partial charge in [-0.1, -0.05) is 6.07 Å².